The number of sulfonamides is 1. The smallest absolute Gasteiger partial charge is 0.244 e. The molecule has 1 amide bonds. The van der Waals surface area contributed by atoms with Gasteiger partial charge in [0.25, 0.3) is 0 Å². The summed E-state index contributed by atoms with van der Waals surface area (Å²) in [5.74, 6) is -0.405. The van der Waals surface area contributed by atoms with Gasteiger partial charge in [-0.05, 0) is 54.8 Å². The highest BCUT2D eigenvalue weighted by atomic mass is 35.5. The van der Waals surface area contributed by atoms with Crippen molar-refractivity contribution in [2.24, 2.45) is 0 Å². The van der Waals surface area contributed by atoms with Gasteiger partial charge < -0.3 is 5.32 Å². The lowest BCUT2D eigenvalue weighted by Crippen LogP contribution is -2.48. The second-order valence-corrected chi connectivity index (χ2v) is 9.72. The summed E-state index contributed by atoms with van der Waals surface area (Å²) in [7, 11) is -3.72. The quantitative estimate of drug-likeness (QED) is 0.560. The summed E-state index contributed by atoms with van der Waals surface area (Å²) in [6, 6.07) is 22.4. The SMILES string of the molecule is Cc1ccccc1[C@@H](NC(=O)[C@@H](C)N(c1ccc(Cl)cc1)S(C)(=O)=O)c1ccccc1. The van der Waals surface area contributed by atoms with Gasteiger partial charge in [0.1, 0.15) is 6.04 Å². The number of aryl methyl sites for hydroxylation is 1. The lowest BCUT2D eigenvalue weighted by Gasteiger charge is -2.30. The second-order valence-electron chi connectivity index (χ2n) is 7.42. The monoisotopic (exact) mass is 456 g/mol. The van der Waals surface area contributed by atoms with Crippen molar-refractivity contribution in [2.75, 3.05) is 10.6 Å². The van der Waals surface area contributed by atoms with E-state index in [-0.39, 0.29) is 0 Å². The lowest BCUT2D eigenvalue weighted by molar-refractivity contribution is -0.122. The first-order valence-corrected chi connectivity index (χ1v) is 12.1. The van der Waals surface area contributed by atoms with Crippen LogP contribution in [0.15, 0.2) is 78.9 Å². The molecular formula is C24H25ClN2O3S. The van der Waals surface area contributed by atoms with Crippen molar-refractivity contribution in [1.82, 2.24) is 5.32 Å². The van der Waals surface area contributed by atoms with E-state index >= 15 is 0 Å². The third kappa shape index (κ3) is 5.46. The molecule has 0 aliphatic carbocycles. The average molecular weight is 457 g/mol. The van der Waals surface area contributed by atoms with E-state index in [1.807, 2.05) is 61.5 Å². The van der Waals surface area contributed by atoms with Gasteiger partial charge in [0, 0.05) is 5.02 Å². The van der Waals surface area contributed by atoms with E-state index in [4.69, 9.17) is 11.6 Å². The fourth-order valence-corrected chi connectivity index (χ4v) is 4.86. The van der Waals surface area contributed by atoms with Gasteiger partial charge in [-0.1, -0.05) is 66.2 Å². The van der Waals surface area contributed by atoms with Crippen LogP contribution in [0.2, 0.25) is 5.02 Å². The molecule has 0 saturated heterocycles. The van der Waals surface area contributed by atoms with Gasteiger partial charge in [-0.2, -0.15) is 0 Å². The van der Waals surface area contributed by atoms with Gasteiger partial charge in [-0.15, -0.1) is 0 Å². The maximum absolute atomic E-state index is 13.3. The average Bonchev–Trinajstić information content (AvgIpc) is 2.73. The first kappa shape index (κ1) is 22.8. The zero-order valence-electron chi connectivity index (χ0n) is 17.6. The number of hydrogen-bond acceptors (Lipinski definition) is 3. The Labute approximate surface area is 188 Å². The molecular weight excluding hydrogens is 432 g/mol. The van der Waals surface area contributed by atoms with Gasteiger partial charge in [-0.3, -0.25) is 9.10 Å². The van der Waals surface area contributed by atoms with Gasteiger partial charge >= 0.3 is 0 Å². The largest absolute Gasteiger partial charge is 0.343 e. The van der Waals surface area contributed by atoms with E-state index in [1.54, 1.807) is 31.2 Å². The third-order valence-electron chi connectivity index (χ3n) is 5.09. The first-order valence-electron chi connectivity index (χ1n) is 9.84. The van der Waals surface area contributed by atoms with E-state index in [0.29, 0.717) is 10.7 Å². The van der Waals surface area contributed by atoms with Crippen LogP contribution < -0.4 is 9.62 Å². The number of anilines is 1. The van der Waals surface area contributed by atoms with E-state index in [9.17, 15) is 13.2 Å². The Morgan fingerprint density at radius 2 is 1.52 bits per heavy atom. The van der Waals surface area contributed by atoms with Crippen molar-refractivity contribution in [3.8, 4) is 0 Å². The molecule has 3 rings (SSSR count). The summed E-state index contributed by atoms with van der Waals surface area (Å²) >= 11 is 5.94. The minimum absolute atomic E-state index is 0.377. The Hall–Kier alpha value is -2.83. The van der Waals surface area contributed by atoms with Crippen LogP contribution in [0.3, 0.4) is 0 Å². The minimum Gasteiger partial charge on any atom is -0.343 e. The van der Waals surface area contributed by atoms with Crippen LogP contribution in [0.5, 0.6) is 0 Å². The molecule has 0 bridgehead atoms. The van der Waals surface area contributed by atoms with Gasteiger partial charge in [0.05, 0.1) is 18.0 Å². The number of nitrogens with zero attached hydrogens (tertiary/aromatic N) is 1. The van der Waals surface area contributed by atoms with Crippen molar-refractivity contribution < 1.29 is 13.2 Å². The molecule has 0 unspecified atom stereocenters. The molecule has 0 aromatic heterocycles. The predicted molar refractivity (Wildman–Crippen MR) is 126 cm³/mol. The fourth-order valence-electron chi connectivity index (χ4n) is 3.56. The molecule has 162 valence electrons. The molecule has 0 radical (unpaired) electrons. The Balaban J connectivity index is 1.96. The number of carbonyl (C=O) groups is 1. The topological polar surface area (TPSA) is 66.5 Å². The molecule has 1 N–H and O–H groups in total. The van der Waals surface area contributed by atoms with E-state index in [1.165, 1.54) is 0 Å². The van der Waals surface area contributed by atoms with Gasteiger partial charge in [0.2, 0.25) is 15.9 Å². The first-order chi connectivity index (χ1) is 14.7. The van der Waals surface area contributed by atoms with Crippen molar-refractivity contribution in [3.63, 3.8) is 0 Å². The van der Waals surface area contributed by atoms with E-state index < -0.39 is 28.0 Å². The van der Waals surface area contributed by atoms with Crippen molar-refractivity contribution >= 4 is 33.2 Å². The molecule has 0 fully saturated rings. The maximum Gasteiger partial charge on any atom is 0.244 e. The Morgan fingerprint density at radius 1 is 0.935 bits per heavy atom. The zero-order valence-corrected chi connectivity index (χ0v) is 19.2. The van der Waals surface area contributed by atoms with Crippen LogP contribution in [0, 0.1) is 6.92 Å². The third-order valence-corrected chi connectivity index (χ3v) is 6.58. The maximum atomic E-state index is 13.3. The fraction of sp³-hybridized carbons (Fsp3) is 0.208. The Kier molecular flexibility index (Phi) is 7.03. The number of halogens is 1. The highest BCUT2D eigenvalue weighted by Gasteiger charge is 2.31. The molecule has 2 atom stereocenters. The number of rotatable bonds is 7. The molecule has 7 heteroatoms. The number of benzene rings is 3. The van der Waals surface area contributed by atoms with Crippen molar-refractivity contribution in [3.05, 3.63) is 101 Å². The second kappa shape index (κ2) is 9.54. The Morgan fingerprint density at radius 3 is 2.10 bits per heavy atom. The molecule has 0 heterocycles. The van der Waals surface area contributed by atoms with Crippen LogP contribution in [0.25, 0.3) is 0 Å². The van der Waals surface area contributed by atoms with Crippen LogP contribution in [-0.2, 0) is 14.8 Å². The molecule has 0 aliphatic heterocycles. The van der Waals surface area contributed by atoms with Gasteiger partial charge in [0.15, 0.2) is 0 Å². The van der Waals surface area contributed by atoms with Crippen molar-refractivity contribution in [1.29, 1.82) is 0 Å². The minimum atomic E-state index is -3.72. The highest BCUT2D eigenvalue weighted by molar-refractivity contribution is 7.92. The summed E-state index contributed by atoms with van der Waals surface area (Å²) in [5.41, 5.74) is 3.27. The molecule has 0 aliphatic rings. The lowest BCUT2D eigenvalue weighted by atomic mass is 9.94. The molecule has 31 heavy (non-hydrogen) atoms. The van der Waals surface area contributed by atoms with Crippen LogP contribution in [-0.4, -0.2) is 26.6 Å². The predicted octanol–water partition coefficient (Wildman–Crippen LogP) is 4.71. The van der Waals surface area contributed by atoms with E-state index in [2.05, 4.69) is 5.32 Å². The molecule has 0 spiro atoms. The van der Waals surface area contributed by atoms with Crippen molar-refractivity contribution in [2.45, 2.75) is 25.9 Å². The number of nitrogens with one attached hydrogen (secondary N) is 1. The summed E-state index contributed by atoms with van der Waals surface area (Å²) < 4.78 is 26.2. The normalized spacial score (nSPS) is 13.3. The number of carbonyl (C=O) groups excluding carboxylic acids is 1. The highest BCUT2D eigenvalue weighted by Crippen LogP contribution is 2.27. The standard InChI is InChI=1S/C24H25ClN2O3S/c1-17-9-7-8-12-22(17)23(19-10-5-4-6-11-19)26-24(28)18(2)27(31(3,29)30)21-15-13-20(25)14-16-21/h4-16,18,23H,1-3H3,(H,26,28)/t18-,23+/m1/s1. The molecule has 5 nitrogen and oxygen atoms in total. The van der Waals surface area contributed by atoms with E-state index in [0.717, 1.165) is 27.3 Å². The van der Waals surface area contributed by atoms with Gasteiger partial charge in [-0.25, -0.2) is 8.42 Å². The zero-order chi connectivity index (χ0) is 22.6. The Bertz CT molecular complexity index is 1150. The summed E-state index contributed by atoms with van der Waals surface area (Å²) in [5, 5.41) is 3.54. The molecule has 3 aromatic carbocycles. The number of amides is 1. The summed E-state index contributed by atoms with van der Waals surface area (Å²) in [4.78, 5) is 13.3. The van der Waals surface area contributed by atoms with Crippen LogP contribution in [0.1, 0.15) is 29.7 Å². The van der Waals surface area contributed by atoms with Crippen LogP contribution >= 0.6 is 11.6 Å². The summed E-state index contributed by atoms with van der Waals surface area (Å²) in [6.45, 7) is 3.56. The molecule has 0 saturated carbocycles. The van der Waals surface area contributed by atoms with Crippen LogP contribution in [0.4, 0.5) is 5.69 Å². The molecule has 3 aromatic rings. The number of hydrogen-bond donors (Lipinski definition) is 1. The summed E-state index contributed by atoms with van der Waals surface area (Å²) in [6.07, 6.45) is 1.08.